The highest BCUT2D eigenvalue weighted by Gasteiger charge is 2.10. The van der Waals surface area contributed by atoms with E-state index in [9.17, 15) is 14.0 Å². The lowest BCUT2D eigenvalue weighted by molar-refractivity contribution is 0.0696. The van der Waals surface area contributed by atoms with Gasteiger partial charge in [0.2, 0.25) is 0 Å². The van der Waals surface area contributed by atoms with E-state index in [4.69, 9.17) is 9.84 Å². The molecule has 2 aromatic rings. The third kappa shape index (κ3) is 4.29. The highest BCUT2D eigenvalue weighted by Crippen LogP contribution is 2.18. The minimum atomic E-state index is -0.977. The molecule has 0 heterocycles. The van der Waals surface area contributed by atoms with Crippen LogP contribution in [0, 0.1) is 5.82 Å². The van der Waals surface area contributed by atoms with E-state index < -0.39 is 11.8 Å². The van der Waals surface area contributed by atoms with Gasteiger partial charge in [0, 0.05) is 12.1 Å². The predicted molar refractivity (Wildman–Crippen MR) is 82.4 cm³/mol. The van der Waals surface area contributed by atoms with Gasteiger partial charge in [-0.2, -0.15) is 0 Å². The molecule has 2 aromatic carbocycles. The molecule has 0 spiro atoms. The van der Waals surface area contributed by atoms with Crippen LogP contribution in [-0.2, 0) is 6.42 Å². The maximum absolute atomic E-state index is 13.3. The number of halogens is 1. The molecule has 2 rings (SSSR count). The lowest BCUT2D eigenvalue weighted by Crippen LogP contribution is -2.25. The quantitative estimate of drug-likeness (QED) is 0.858. The second kappa shape index (κ2) is 7.40. The Kier molecular flexibility index (Phi) is 5.30. The number of rotatable bonds is 6. The number of hydrogen-bond donors (Lipinski definition) is 2. The van der Waals surface area contributed by atoms with Crippen LogP contribution in [0.2, 0.25) is 0 Å². The topological polar surface area (TPSA) is 75.6 Å². The first-order valence-electron chi connectivity index (χ1n) is 6.95. The molecule has 120 valence electrons. The summed E-state index contributed by atoms with van der Waals surface area (Å²) in [6.45, 7) is 0.380. The van der Waals surface area contributed by atoms with E-state index in [-0.39, 0.29) is 17.2 Å². The molecule has 23 heavy (non-hydrogen) atoms. The minimum Gasteiger partial charge on any atom is -0.494 e. The maximum Gasteiger partial charge on any atom is 0.335 e. The molecule has 5 nitrogen and oxygen atoms in total. The molecule has 0 unspecified atom stereocenters. The van der Waals surface area contributed by atoms with Crippen molar-refractivity contribution >= 4 is 11.9 Å². The molecule has 0 bridgehead atoms. The number of carbonyl (C=O) groups is 2. The van der Waals surface area contributed by atoms with Gasteiger partial charge in [0.05, 0.1) is 12.7 Å². The molecule has 0 radical (unpaired) electrons. The number of ether oxygens (including phenoxy) is 1. The lowest BCUT2D eigenvalue weighted by atomic mass is 10.1. The zero-order valence-electron chi connectivity index (χ0n) is 12.5. The smallest absolute Gasteiger partial charge is 0.335 e. The van der Waals surface area contributed by atoms with Crippen LogP contribution < -0.4 is 10.1 Å². The summed E-state index contributed by atoms with van der Waals surface area (Å²) >= 11 is 0. The highest BCUT2D eigenvalue weighted by atomic mass is 19.1. The van der Waals surface area contributed by atoms with E-state index in [1.807, 2.05) is 0 Å². The van der Waals surface area contributed by atoms with Crippen molar-refractivity contribution in [1.29, 1.82) is 0 Å². The van der Waals surface area contributed by atoms with E-state index in [1.165, 1.54) is 37.4 Å². The fourth-order valence-electron chi connectivity index (χ4n) is 2.04. The van der Waals surface area contributed by atoms with Crippen LogP contribution in [0.4, 0.5) is 4.39 Å². The molecule has 0 aliphatic heterocycles. The van der Waals surface area contributed by atoms with Crippen LogP contribution >= 0.6 is 0 Å². The van der Waals surface area contributed by atoms with E-state index in [2.05, 4.69) is 5.32 Å². The van der Waals surface area contributed by atoms with Crippen LogP contribution in [0.15, 0.2) is 42.5 Å². The first kappa shape index (κ1) is 16.5. The summed E-state index contributed by atoms with van der Waals surface area (Å²) in [5, 5.41) is 11.5. The molecule has 0 aliphatic rings. The Morgan fingerprint density at radius 2 is 1.78 bits per heavy atom. The van der Waals surface area contributed by atoms with Gasteiger partial charge in [0.25, 0.3) is 5.91 Å². The summed E-state index contributed by atoms with van der Waals surface area (Å²) in [6, 6.07) is 10.3. The van der Waals surface area contributed by atoms with E-state index >= 15 is 0 Å². The summed E-state index contributed by atoms with van der Waals surface area (Å²) < 4.78 is 18.1. The third-order valence-electron chi connectivity index (χ3n) is 3.31. The fourth-order valence-corrected chi connectivity index (χ4v) is 2.04. The van der Waals surface area contributed by atoms with Crippen molar-refractivity contribution in [3.8, 4) is 5.75 Å². The van der Waals surface area contributed by atoms with Crippen LogP contribution in [0.1, 0.15) is 26.3 Å². The molecular weight excluding hydrogens is 301 g/mol. The van der Waals surface area contributed by atoms with E-state index in [0.29, 0.717) is 18.5 Å². The van der Waals surface area contributed by atoms with Gasteiger partial charge in [-0.05, 0) is 42.3 Å². The van der Waals surface area contributed by atoms with Crippen LogP contribution in [-0.4, -0.2) is 30.6 Å². The van der Waals surface area contributed by atoms with Crippen molar-refractivity contribution in [3.63, 3.8) is 0 Å². The van der Waals surface area contributed by atoms with Crippen molar-refractivity contribution < 1.29 is 23.8 Å². The number of methoxy groups -OCH3 is 1. The van der Waals surface area contributed by atoms with E-state index in [0.717, 1.165) is 5.56 Å². The Morgan fingerprint density at radius 1 is 1.13 bits per heavy atom. The number of aromatic carboxylic acids is 1. The summed E-state index contributed by atoms with van der Waals surface area (Å²) in [4.78, 5) is 22.7. The summed E-state index contributed by atoms with van der Waals surface area (Å²) in [6.07, 6.45) is 0.559. The Hall–Kier alpha value is -2.89. The largest absolute Gasteiger partial charge is 0.494 e. The fraction of sp³-hybridized carbons (Fsp3) is 0.176. The van der Waals surface area contributed by atoms with Crippen LogP contribution in [0.3, 0.4) is 0 Å². The van der Waals surface area contributed by atoms with Crippen molar-refractivity contribution in [2.75, 3.05) is 13.7 Å². The zero-order valence-corrected chi connectivity index (χ0v) is 12.5. The number of amides is 1. The van der Waals surface area contributed by atoms with Gasteiger partial charge in [-0.1, -0.05) is 12.1 Å². The average molecular weight is 317 g/mol. The SMILES string of the molecule is COc1cc(C(=O)NCCc2ccc(C(=O)O)cc2)ccc1F. The first-order chi connectivity index (χ1) is 11.0. The summed E-state index contributed by atoms with van der Waals surface area (Å²) in [7, 11) is 1.33. The Labute approximate surface area is 132 Å². The number of hydrogen-bond acceptors (Lipinski definition) is 3. The molecule has 0 saturated heterocycles. The minimum absolute atomic E-state index is 0.0157. The molecule has 0 fully saturated rings. The number of nitrogens with one attached hydrogen (secondary N) is 1. The maximum atomic E-state index is 13.3. The van der Waals surface area contributed by atoms with Gasteiger partial charge in [-0.3, -0.25) is 4.79 Å². The number of benzene rings is 2. The molecule has 2 N–H and O–H groups in total. The molecule has 0 aliphatic carbocycles. The normalized spacial score (nSPS) is 10.2. The molecule has 0 aromatic heterocycles. The number of carboxylic acids is 1. The van der Waals surface area contributed by atoms with Gasteiger partial charge in [0.1, 0.15) is 0 Å². The molecule has 0 saturated carbocycles. The van der Waals surface area contributed by atoms with Crippen LogP contribution in [0.25, 0.3) is 0 Å². The van der Waals surface area contributed by atoms with Gasteiger partial charge in [-0.15, -0.1) is 0 Å². The zero-order chi connectivity index (χ0) is 16.8. The Morgan fingerprint density at radius 3 is 2.39 bits per heavy atom. The molecular formula is C17H16FNO4. The highest BCUT2D eigenvalue weighted by molar-refractivity contribution is 5.94. The second-order valence-corrected chi connectivity index (χ2v) is 4.86. The monoisotopic (exact) mass is 317 g/mol. The summed E-state index contributed by atoms with van der Waals surface area (Å²) in [5.74, 6) is -1.81. The lowest BCUT2D eigenvalue weighted by Gasteiger charge is -2.08. The van der Waals surface area contributed by atoms with Crippen molar-refractivity contribution in [3.05, 3.63) is 65.0 Å². The number of carbonyl (C=O) groups excluding carboxylic acids is 1. The van der Waals surface area contributed by atoms with Gasteiger partial charge in [-0.25, -0.2) is 9.18 Å². The Balaban J connectivity index is 1.90. The van der Waals surface area contributed by atoms with Crippen LogP contribution in [0.5, 0.6) is 5.75 Å². The Bertz CT molecular complexity index is 713. The van der Waals surface area contributed by atoms with Gasteiger partial charge < -0.3 is 15.2 Å². The van der Waals surface area contributed by atoms with Crippen molar-refractivity contribution in [2.45, 2.75) is 6.42 Å². The number of carboxylic acid groups (broad SMARTS) is 1. The molecule has 0 atom stereocenters. The predicted octanol–water partition coefficient (Wildman–Crippen LogP) is 2.51. The van der Waals surface area contributed by atoms with E-state index in [1.54, 1.807) is 12.1 Å². The van der Waals surface area contributed by atoms with Crippen molar-refractivity contribution in [2.24, 2.45) is 0 Å². The standard InChI is InChI=1S/C17H16FNO4/c1-23-15-10-13(6-7-14(15)18)16(20)19-9-8-11-2-4-12(5-3-11)17(21)22/h2-7,10H,8-9H2,1H3,(H,19,20)(H,21,22). The van der Waals surface area contributed by atoms with Gasteiger partial charge >= 0.3 is 5.97 Å². The van der Waals surface area contributed by atoms with Gasteiger partial charge in [0.15, 0.2) is 11.6 Å². The third-order valence-corrected chi connectivity index (χ3v) is 3.31. The average Bonchev–Trinajstić information content (AvgIpc) is 2.55. The molecule has 1 amide bonds. The van der Waals surface area contributed by atoms with Crippen molar-refractivity contribution in [1.82, 2.24) is 5.32 Å². The summed E-state index contributed by atoms with van der Waals surface area (Å²) in [5.41, 5.74) is 1.44. The second-order valence-electron chi connectivity index (χ2n) is 4.86. The first-order valence-corrected chi connectivity index (χ1v) is 6.95. The molecule has 6 heteroatoms.